The maximum Gasteiger partial charge on any atom is 0.247 e. The number of halogens is 1. The van der Waals surface area contributed by atoms with E-state index in [2.05, 4.69) is 26.1 Å². The highest BCUT2D eigenvalue weighted by molar-refractivity contribution is 9.10. The van der Waals surface area contributed by atoms with Gasteiger partial charge in [0, 0.05) is 10.0 Å². The molecule has 5 heteroatoms. The summed E-state index contributed by atoms with van der Waals surface area (Å²) in [6.45, 7) is 2.04. The number of nitrogens with zero attached hydrogens (tertiary/aromatic N) is 2. The zero-order valence-corrected chi connectivity index (χ0v) is 13.1. The molecule has 0 spiro atoms. The lowest BCUT2D eigenvalue weighted by Gasteiger charge is -2.29. The lowest BCUT2D eigenvalue weighted by molar-refractivity contribution is 0.220. The Morgan fingerprint density at radius 1 is 1.25 bits per heavy atom. The monoisotopic (exact) mass is 335 g/mol. The predicted octanol–water partition coefficient (Wildman–Crippen LogP) is 3.93. The fourth-order valence-corrected chi connectivity index (χ4v) is 3.29. The fourth-order valence-electron chi connectivity index (χ4n) is 2.81. The van der Waals surface area contributed by atoms with Crippen LogP contribution in [0.5, 0.6) is 0 Å². The minimum atomic E-state index is -0.438. The lowest BCUT2D eigenvalue weighted by atomic mass is 9.82. The van der Waals surface area contributed by atoms with E-state index in [0.717, 1.165) is 41.3 Å². The Balaban J connectivity index is 1.93. The van der Waals surface area contributed by atoms with Crippen LogP contribution >= 0.6 is 15.9 Å². The molecule has 1 aliphatic carbocycles. The molecule has 1 aromatic heterocycles. The van der Waals surface area contributed by atoms with Crippen molar-refractivity contribution in [1.29, 1.82) is 0 Å². The number of nitrogens with two attached hydrogens (primary N) is 1. The first kappa shape index (κ1) is 13.8. The molecule has 0 unspecified atom stereocenters. The molecule has 106 valence electrons. The third-order valence-corrected chi connectivity index (χ3v) is 4.52. The van der Waals surface area contributed by atoms with Crippen LogP contribution in [0.15, 0.2) is 27.2 Å². The molecule has 0 aliphatic heterocycles. The van der Waals surface area contributed by atoms with Gasteiger partial charge in [0.15, 0.2) is 0 Å². The van der Waals surface area contributed by atoms with Gasteiger partial charge in [-0.1, -0.05) is 40.3 Å². The van der Waals surface area contributed by atoms with Gasteiger partial charge in [-0.05, 0) is 43.5 Å². The molecule has 20 heavy (non-hydrogen) atoms. The molecule has 0 bridgehead atoms. The Kier molecular flexibility index (Phi) is 3.65. The summed E-state index contributed by atoms with van der Waals surface area (Å²) >= 11 is 3.46. The van der Waals surface area contributed by atoms with Crippen molar-refractivity contribution in [3.8, 4) is 11.4 Å². The minimum Gasteiger partial charge on any atom is -0.337 e. The van der Waals surface area contributed by atoms with Crippen LogP contribution in [0.1, 0.15) is 43.6 Å². The minimum absolute atomic E-state index is 0.438. The highest BCUT2D eigenvalue weighted by Gasteiger charge is 2.35. The lowest BCUT2D eigenvalue weighted by Crippen LogP contribution is -2.38. The van der Waals surface area contributed by atoms with Crippen LogP contribution in [0.4, 0.5) is 0 Å². The Bertz CT molecular complexity index is 617. The second-order valence-corrected chi connectivity index (χ2v) is 6.51. The van der Waals surface area contributed by atoms with Crippen molar-refractivity contribution in [3.05, 3.63) is 34.1 Å². The topological polar surface area (TPSA) is 64.9 Å². The van der Waals surface area contributed by atoms with E-state index >= 15 is 0 Å². The van der Waals surface area contributed by atoms with Gasteiger partial charge in [-0.25, -0.2) is 0 Å². The zero-order valence-electron chi connectivity index (χ0n) is 11.5. The van der Waals surface area contributed by atoms with Crippen molar-refractivity contribution in [2.45, 2.75) is 44.6 Å². The molecule has 1 saturated carbocycles. The van der Waals surface area contributed by atoms with Crippen LogP contribution in [-0.4, -0.2) is 10.1 Å². The summed E-state index contributed by atoms with van der Waals surface area (Å²) in [4.78, 5) is 4.55. The van der Waals surface area contributed by atoms with Crippen molar-refractivity contribution in [3.63, 3.8) is 0 Å². The molecule has 1 fully saturated rings. The highest BCUT2D eigenvalue weighted by atomic mass is 79.9. The normalized spacial score (nSPS) is 18.1. The predicted molar refractivity (Wildman–Crippen MR) is 81.1 cm³/mol. The third kappa shape index (κ3) is 2.52. The van der Waals surface area contributed by atoms with E-state index in [9.17, 15) is 0 Å². The maximum absolute atomic E-state index is 6.43. The molecule has 2 aromatic rings. The summed E-state index contributed by atoms with van der Waals surface area (Å²) in [7, 11) is 0. The molecule has 1 aromatic carbocycles. The SMILES string of the molecule is Cc1cc(Br)ccc1-c1noc(C2(N)CCCCC2)n1. The van der Waals surface area contributed by atoms with Gasteiger partial charge in [0.05, 0.1) is 5.54 Å². The Morgan fingerprint density at radius 2 is 2.00 bits per heavy atom. The van der Waals surface area contributed by atoms with Crippen LogP contribution < -0.4 is 5.73 Å². The van der Waals surface area contributed by atoms with Gasteiger partial charge in [0.1, 0.15) is 0 Å². The second-order valence-electron chi connectivity index (χ2n) is 5.60. The molecule has 3 rings (SSSR count). The smallest absolute Gasteiger partial charge is 0.247 e. The molecule has 2 N–H and O–H groups in total. The number of hydrogen-bond donors (Lipinski definition) is 1. The first-order valence-electron chi connectivity index (χ1n) is 6.98. The highest BCUT2D eigenvalue weighted by Crippen LogP contribution is 2.35. The van der Waals surface area contributed by atoms with Crippen molar-refractivity contribution >= 4 is 15.9 Å². The number of benzene rings is 1. The average molecular weight is 336 g/mol. The van der Waals surface area contributed by atoms with Crippen molar-refractivity contribution < 1.29 is 4.52 Å². The van der Waals surface area contributed by atoms with E-state index in [1.807, 2.05) is 25.1 Å². The summed E-state index contributed by atoms with van der Waals surface area (Å²) in [6, 6.07) is 6.03. The van der Waals surface area contributed by atoms with Gasteiger partial charge in [-0.3, -0.25) is 0 Å². The Hall–Kier alpha value is -1.20. The zero-order chi connectivity index (χ0) is 14.2. The van der Waals surface area contributed by atoms with E-state index in [4.69, 9.17) is 10.3 Å². The number of rotatable bonds is 2. The Morgan fingerprint density at radius 3 is 2.70 bits per heavy atom. The molecular formula is C15H18BrN3O. The summed E-state index contributed by atoms with van der Waals surface area (Å²) in [5.41, 5.74) is 8.09. The standard InChI is InChI=1S/C15H18BrN3O/c1-10-9-11(16)5-6-12(10)13-18-14(20-19-13)15(17)7-3-2-4-8-15/h5-6,9H,2-4,7-8,17H2,1H3. The molecule has 0 amide bonds. The van der Waals surface area contributed by atoms with Gasteiger partial charge in [0.25, 0.3) is 0 Å². The van der Waals surface area contributed by atoms with Gasteiger partial charge >= 0.3 is 0 Å². The quantitative estimate of drug-likeness (QED) is 0.903. The van der Waals surface area contributed by atoms with Crippen molar-refractivity contribution in [2.24, 2.45) is 5.73 Å². The van der Waals surface area contributed by atoms with E-state index in [1.54, 1.807) is 0 Å². The van der Waals surface area contributed by atoms with Crippen LogP contribution in [0.3, 0.4) is 0 Å². The first-order valence-corrected chi connectivity index (χ1v) is 7.77. The van der Waals surface area contributed by atoms with Crippen LogP contribution in [-0.2, 0) is 5.54 Å². The molecule has 0 saturated heterocycles. The van der Waals surface area contributed by atoms with Crippen LogP contribution in [0.25, 0.3) is 11.4 Å². The molecule has 1 heterocycles. The number of hydrogen-bond acceptors (Lipinski definition) is 4. The molecule has 0 radical (unpaired) electrons. The van der Waals surface area contributed by atoms with Crippen molar-refractivity contribution in [1.82, 2.24) is 10.1 Å². The maximum atomic E-state index is 6.43. The van der Waals surface area contributed by atoms with Crippen LogP contribution in [0, 0.1) is 6.92 Å². The van der Waals surface area contributed by atoms with E-state index in [1.165, 1.54) is 6.42 Å². The number of aromatic nitrogens is 2. The van der Waals surface area contributed by atoms with Gasteiger partial charge in [-0.15, -0.1) is 0 Å². The van der Waals surface area contributed by atoms with E-state index in [0.29, 0.717) is 11.7 Å². The third-order valence-electron chi connectivity index (χ3n) is 4.03. The van der Waals surface area contributed by atoms with Crippen molar-refractivity contribution in [2.75, 3.05) is 0 Å². The average Bonchev–Trinajstić information content (AvgIpc) is 2.90. The molecular weight excluding hydrogens is 318 g/mol. The number of aryl methyl sites for hydroxylation is 1. The molecule has 4 nitrogen and oxygen atoms in total. The summed E-state index contributed by atoms with van der Waals surface area (Å²) in [5.74, 6) is 1.20. The van der Waals surface area contributed by atoms with Crippen LogP contribution in [0.2, 0.25) is 0 Å². The van der Waals surface area contributed by atoms with Gasteiger partial charge in [0.2, 0.25) is 11.7 Å². The summed E-state index contributed by atoms with van der Waals surface area (Å²) < 4.78 is 6.50. The summed E-state index contributed by atoms with van der Waals surface area (Å²) in [6.07, 6.45) is 5.35. The van der Waals surface area contributed by atoms with E-state index < -0.39 is 5.54 Å². The van der Waals surface area contributed by atoms with Gasteiger partial charge in [-0.2, -0.15) is 4.98 Å². The first-order chi connectivity index (χ1) is 9.58. The van der Waals surface area contributed by atoms with E-state index in [-0.39, 0.29) is 0 Å². The fraction of sp³-hybridized carbons (Fsp3) is 0.467. The second kappa shape index (κ2) is 5.30. The van der Waals surface area contributed by atoms with Gasteiger partial charge < -0.3 is 10.3 Å². The largest absolute Gasteiger partial charge is 0.337 e. The Labute approximate surface area is 126 Å². The summed E-state index contributed by atoms with van der Waals surface area (Å²) in [5, 5.41) is 4.12. The molecule has 1 aliphatic rings. The molecule has 0 atom stereocenters.